The van der Waals surface area contributed by atoms with Crippen molar-refractivity contribution in [3.8, 4) is 0 Å². The molecule has 0 aliphatic rings. The predicted octanol–water partition coefficient (Wildman–Crippen LogP) is 3.40. The van der Waals surface area contributed by atoms with Crippen LogP contribution in [0.5, 0.6) is 0 Å². The number of hydrogen-bond acceptors (Lipinski definition) is 7. The highest BCUT2D eigenvalue weighted by Crippen LogP contribution is 2.22. The first-order valence-electron chi connectivity index (χ1n) is 9.45. The Morgan fingerprint density at radius 1 is 1.00 bits per heavy atom. The van der Waals surface area contributed by atoms with Crippen LogP contribution in [0.1, 0.15) is 27.7 Å². The standard InChI is InChI=1S/C20H33N7/c1-14(2)27(15(3)4)11-10-22-18-13-19(25-20(21)24-18)23-16-8-7-9-17(12-16)26(5)6/h7-9,12-15H,10-11H2,1-6H3,(H4,21,22,23,24,25). The summed E-state index contributed by atoms with van der Waals surface area (Å²) in [5.41, 5.74) is 7.97. The molecule has 2 aromatic rings. The molecule has 0 radical (unpaired) electrons. The minimum Gasteiger partial charge on any atom is -0.378 e. The number of nitrogen functional groups attached to an aromatic ring is 1. The highest BCUT2D eigenvalue weighted by molar-refractivity contribution is 5.65. The van der Waals surface area contributed by atoms with Crippen molar-refractivity contribution in [2.45, 2.75) is 39.8 Å². The van der Waals surface area contributed by atoms with Gasteiger partial charge in [0, 0.05) is 56.7 Å². The quantitative estimate of drug-likeness (QED) is 0.623. The van der Waals surface area contributed by atoms with Gasteiger partial charge in [0.25, 0.3) is 0 Å². The number of hydrogen-bond donors (Lipinski definition) is 3. The number of aromatic nitrogens is 2. The first kappa shape index (κ1) is 20.8. The molecule has 148 valence electrons. The van der Waals surface area contributed by atoms with Crippen LogP contribution >= 0.6 is 0 Å². The Morgan fingerprint density at radius 3 is 2.30 bits per heavy atom. The summed E-state index contributed by atoms with van der Waals surface area (Å²) < 4.78 is 0. The number of anilines is 5. The molecule has 0 spiro atoms. The fourth-order valence-corrected chi connectivity index (χ4v) is 3.06. The Morgan fingerprint density at radius 2 is 1.67 bits per heavy atom. The zero-order valence-electron chi connectivity index (χ0n) is 17.3. The van der Waals surface area contributed by atoms with E-state index in [1.165, 1.54) is 0 Å². The molecule has 0 fully saturated rings. The Kier molecular flexibility index (Phi) is 7.24. The van der Waals surface area contributed by atoms with Gasteiger partial charge in [0.2, 0.25) is 5.95 Å². The van der Waals surface area contributed by atoms with Crippen molar-refractivity contribution >= 4 is 29.0 Å². The molecule has 0 amide bonds. The summed E-state index contributed by atoms with van der Waals surface area (Å²) in [6.45, 7) is 10.6. The lowest BCUT2D eigenvalue weighted by molar-refractivity contribution is 0.182. The Balaban J connectivity index is 2.04. The van der Waals surface area contributed by atoms with Gasteiger partial charge >= 0.3 is 0 Å². The Hall–Kier alpha value is -2.54. The van der Waals surface area contributed by atoms with Gasteiger partial charge < -0.3 is 21.3 Å². The second kappa shape index (κ2) is 9.41. The van der Waals surface area contributed by atoms with Crippen molar-refractivity contribution < 1.29 is 0 Å². The van der Waals surface area contributed by atoms with Gasteiger partial charge in [-0.2, -0.15) is 9.97 Å². The van der Waals surface area contributed by atoms with Crippen LogP contribution in [0.25, 0.3) is 0 Å². The normalized spacial score (nSPS) is 11.3. The molecule has 0 unspecified atom stereocenters. The van der Waals surface area contributed by atoms with E-state index in [4.69, 9.17) is 5.73 Å². The van der Waals surface area contributed by atoms with Gasteiger partial charge in [0.15, 0.2) is 0 Å². The van der Waals surface area contributed by atoms with Crippen LogP contribution in [0.2, 0.25) is 0 Å². The van der Waals surface area contributed by atoms with Crippen molar-refractivity contribution in [3.63, 3.8) is 0 Å². The van der Waals surface area contributed by atoms with E-state index in [1.54, 1.807) is 0 Å². The van der Waals surface area contributed by atoms with E-state index in [0.717, 1.165) is 30.3 Å². The molecule has 1 aromatic carbocycles. The van der Waals surface area contributed by atoms with Gasteiger partial charge in [-0.05, 0) is 45.9 Å². The fourth-order valence-electron chi connectivity index (χ4n) is 3.06. The average Bonchev–Trinajstić information content (AvgIpc) is 2.57. The van der Waals surface area contributed by atoms with Crippen LogP contribution in [0.15, 0.2) is 30.3 Å². The van der Waals surface area contributed by atoms with Crippen LogP contribution in [0, 0.1) is 0 Å². The molecule has 27 heavy (non-hydrogen) atoms. The van der Waals surface area contributed by atoms with E-state index in [1.807, 2.05) is 32.3 Å². The summed E-state index contributed by atoms with van der Waals surface area (Å²) in [7, 11) is 4.03. The summed E-state index contributed by atoms with van der Waals surface area (Å²) in [5.74, 6) is 1.64. The van der Waals surface area contributed by atoms with Crippen molar-refractivity contribution in [2.24, 2.45) is 0 Å². The number of nitrogens with two attached hydrogens (primary N) is 1. The van der Waals surface area contributed by atoms with Crippen LogP contribution in [0.4, 0.5) is 29.0 Å². The Bertz CT molecular complexity index is 720. The second-order valence-electron chi connectivity index (χ2n) is 7.42. The van der Waals surface area contributed by atoms with Crippen molar-refractivity contribution in [2.75, 3.05) is 48.5 Å². The van der Waals surface area contributed by atoms with Crippen molar-refractivity contribution in [1.82, 2.24) is 14.9 Å². The topological polar surface area (TPSA) is 82.3 Å². The summed E-state index contributed by atoms with van der Waals surface area (Å²) in [5, 5.41) is 6.67. The van der Waals surface area contributed by atoms with Gasteiger partial charge in [0.05, 0.1) is 0 Å². The van der Waals surface area contributed by atoms with Crippen molar-refractivity contribution in [3.05, 3.63) is 30.3 Å². The lowest BCUT2D eigenvalue weighted by atomic mass is 10.2. The summed E-state index contributed by atoms with van der Waals surface area (Å²) in [6, 6.07) is 11.0. The highest BCUT2D eigenvalue weighted by atomic mass is 15.2. The number of benzene rings is 1. The number of rotatable bonds is 9. The van der Waals surface area contributed by atoms with Gasteiger partial charge in [-0.1, -0.05) is 6.07 Å². The highest BCUT2D eigenvalue weighted by Gasteiger charge is 2.12. The lowest BCUT2D eigenvalue weighted by Crippen LogP contribution is -2.40. The van der Waals surface area contributed by atoms with Crippen LogP contribution in [-0.2, 0) is 0 Å². The maximum absolute atomic E-state index is 5.90. The third-order valence-electron chi connectivity index (χ3n) is 4.38. The SMILES string of the molecule is CC(C)N(CCNc1cc(Nc2cccc(N(C)C)c2)nc(N)n1)C(C)C. The van der Waals surface area contributed by atoms with Crippen LogP contribution < -0.4 is 21.3 Å². The summed E-state index contributed by atoms with van der Waals surface area (Å²) in [6.07, 6.45) is 0. The molecule has 0 saturated heterocycles. The minimum atomic E-state index is 0.246. The van der Waals surface area contributed by atoms with E-state index in [9.17, 15) is 0 Å². The molecule has 1 heterocycles. The van der Waals surface area contributed by atoms with Crippen LogP contribution in [0.3, 0.4) is 0 Å². The first-order valence-corrected chi connectivity index (χ1v) is 9.45. The van der Waals surface area contributed by atoms with E-state index in [2.05, 4.69) is 70.2 Å². The van der Waals surface area contributed by atoms with Gasteiger partial charge in [0.1, 0.15) is 11.6 Å². The molecular formula is C20H33N7. The van der Waals surface area contributed by atoms with Crippen molar-refractivity contribution in [1.29, 1.82) is 0 Å². The molecule has 0 atom stereocenters. The van der Waals surface area contributed by atoms with Gasteiger partial charge in [-0.25, -0.2) is 0 Å². The molecule has 2 rings (SSSR count). The largest absolute Gasteiger partial charge is 0.378 e. The van der Waals surface area contributed by atoms with E-state index >= 15 is 0 Å². The second-order valence-corrected chi connectivity index (χ2v) is 7.42. The Labute approximate surface area is 163 Å². The zero-order chi connectivity index (χ0) is 20.0. The molecule has 0 saturated carbocycles. The third-order valence-corrected chi connectivity index (χ3v) is 4.38. The molecule has 0 aliphatic carbocycles. The molecular weight excluding hydrogens is 338 g/mol. The fraction of sp³-hybridized carbons (Fsp3) is 0.500. The number of nitrogens with zero attached hydrogens (tertiary/aromatic N) is 4. The smallest absolute Gasteiger partial charge is 0.223 e. The van der Waals surface area contributed by atoms with E-state index < -0.39 is 0 Å². The monoisotopic (exact) mass is 371 g/mol. The number of nitrogens with one attached hydrogen (secondary N) is 2. The van der Waals surface area contributed by atoms with Gasteiger partial charge in [-0.3, -0.25) is 4.90 Å². The van der Waals surface area contributed by atoms with Crippen LogP contribution in [-0.4, -0.2) is 54.1 Å². The molecule has 7 heteroatoms. The van der Waals surface area contributed by atoms with E-state index in [-0.39, 0.29) is 5.95 Å². The van der Waals surface area contributed by atoms with E-state index in [0.29, 0.717) is 17.9 Å². The molecule has 4 N–H and O–H groups in total. The minimum absolute atomic E-state index is 0.246. The predicted molar refractivity (Wildman–Crippen MR) is 116 cm³/mol. The molecule has 0 aliphatic heterocycles. The average molecular weight is 372 g/mol. The lowest BCUT2D eigenvalue weighted by Gasteiger charge is -2.30. The van der Waals surface area contributed by atoms with Gasteiger partial charge in [-0.15, -0.1) is 0 Å². The summed E-state index contributed by atoms with van der Waals surface area (Å²) in [4.78, 5) is 13.1. The molecule has 1 aromatic heterocycles. The summed E-state index contributed by atoms with van der Waals surface area (Å²) >= 11 is 0. The first-order chi connectivity index (χ1) is 12.8. The maximum atomic E-state index is 5.90. The third kappa shape index (κ3) is 6.29. The molecule has 0 bridgehead atoms. The molecule has 7 nitrogen and oxygen atoms in total. The maximum Gasteiger partial charge on any atom is 0.223 e. The zero-order valence-corrected chi connectivity index (χ0v) is 17.3.